The van der Waals surface area contributed by atoms with Crippen LogP contribution < -0.4 is 0 Å². The second kappa shape index (κ2) is 6.48. The number of halogens is 3. The lowest BCUT2D eigenvalue weighted by atomic mass is 10.2. The van der Waals surface area contributed by atoms with Crippen molar-refractivity contribution in [1.82, 2.24) is 9.97 Å². The van der Waals surface area contributed by atoms with E-state index in [-0.39, 0.29) is 0 Å². The van der Waals surface area contributed by atoms with Gasteiger partial charge in [0.25, 0.3) is 0 Å². The summed E-state index contributed by atoms with van der Waals surface area (Å²) < 4.78 is 2.29. The number of aromatic amines is 1. The van der Waals surface area contributed by atoms with Gasteiger partial charge in [-0.05, 0) is 56.5 Å². The zero-order valence-corrected chi connectivity index (χ0v) is 14.9. The van der Waals surface area contributed by atoms with Crippen LogP contribution in [0.3, 0.4) is 0 Å². The zero-order valence-electron chi connectivity index (χ0n) is 10.1. The topological polar surface area (TPSA) is 28.7 Å². The molecule has 1 aromatic heterocycles. The molecule has 0 aliphatic carbocycles. The molecule has 0 unspecified atom stereocenters. The van der Waals surface area contributed by atoms with E-state index in [1.807, 2.05) is 18.2 Å². The molecular formula is C13H11Br2ClN2S. The van der Waals surface area contributed by atoms with Crippen LogP contribution in [0.2, 0.25) is 5.02 Å². The van der Waals surface area contributed by atoms with E-state index in [1.54, 1.807) is 0 Å². The number of hydrogen-bond donors (Lipinski definition) is 1. The van der Waals surface area contributed by atoms with Crippen molar-refractivity contribution in [1.29, 1.82) is 0 Å². The van der Waals surface area contributed by atoms with Crippen molar-refractivity contribution in [2.75, 3.05) is 0 Å². The fourth-order valence-corrected chi connectivity index (χ4v) is 2.80. The maximum Gasteiger partial charge on any atom is 0.144 e. The van der Waals surface area contributed by atoms with Gasteiger partial charge in [0.2, 0.25) is 0 Å². The van der Waals surface area contributed by atoms with Crippen LogP contribution in [0.1, 0.15) is 19.0 Å². The molecule has 2 aromatic rings. The lowest BCUT2D eigenvalue weighted by molar-refractivity contribution is 0.865. The number of rotatable bonds is 3. The first-order valence-electron chi connectivity index (χ1n) is 5.77. The third-order valence-corrected chi connectivity index (χ3v) is 5.25. The summed E-state index contributed by atoms with van der Waals surface area (Å²) in [5.41, 5.74) is 2.02. The van der Waals surface area contributed by atoms with Crippen LogP contribution in [0.5, 0.6) is 0 Å². The third kappa shape index (κ3) is 3.45. The molecule has 0 fully saturated rings. The Bertz CT molecular complexity index is 670. The lowest BCUT2D eigenvalue weighted by Crippen LogP contribution is -1.98. The first kappa shape index (κ1) is 15.2. The van der Waals surface area contributed by atoms with Gasteiger partial charge in [0.15, 0.2) is 0 Å². The Morgan fingerprint density at radius 3 is 2.74 bits per heavy atom. The second-order valence-corrected chi connectivity index (χ2v) is 6.50. The summed E-state index contributed by atoms with van der Waals surface area (Å²) >= 11 is 18.2. The number of nitrogens with one attached hydrogen (secondary N) is 1. The van der Waals surface area contributed by atoms with Crippen molar-refractivity contribution in [3.8, 4) is 11.4 Å². The molecule has 0 amide bonds. The molecule has 1 aromatic carbocycles. The molecule has 0 aliphatic heterocycles. The molecule has 6 heteroatoms. The molecule has 0 bridgehead atoms. The quantitative estimate of drug-likeness (QED) is 0.621. The van der Waals surface area contributed by atoms with Crippen molar-refractivity contribution in [3.05, 3.63) is 42.5 Å². The monoisotopic (exact) mass is 420 g/mol. The normalized spacial score (nSPS) is 10.7. The largest absolute Gasteiger partial charge is 0.342 e. The van der Waals surface area contributed by atoms with Gasteiger partial charge in [-0.15, -0.1) is 0 Å². The van der Waals surface area contributed by atoms with Crippen molar-refractivity contribution < 1.29 is 0 Å². The van der Waals surface area contributed by atoms with E-state index in [0.717, 1.165) is 38.9 Å². The molecule has 0 aliphatic rings. The van der Waals surface area contributed by atoms with Crippen LogP contribution in [0.25, 0.3) is 11.4 Å². The molecule has 0 atom stereocenters. The van der Waals surface area contributed by atoms with Gasteiger partial charge < -0.3 is 4.98 Å². The maximum atomic E-state index is 6.00. The van der Waals surface area contributed by atoms with Gasteiger partial charge in [-0.1, -0.05) is 37.2 Å². The highest BCUT2D eigenvalue weighted by atomic mass is 79.9. The molecule has 1 N–H and O–H groups in total. The van der Waals surface area contributed by atoms with Crippen LogP contribution >= 0.6 is 55.7 Å². The molecule has 1 heterocycles. The first-order chi connectivity index (χ1) is 9.02. The minimum Gasteiger partial charge on any atom is -0.342 e. The average Bonchev–Trinajstić information content (AvgIpc) is 2.38. The zero-order chi connectivity index (χ0) is 14.0. The van der Waals surface area contributed by atoms with E-state index in [1.165, 1.54) is 0 Å². The Morgan fingerprint density at radius 1 is 1.37 bits per heavy atom. The number of aromatic nitrogens is 2. The molecule has 0 saturated heterocycles. The van der Waals surface area contributed by atoms with Crippen molar-refractivity contribution in [2.45, 2.75) is 19.8 Å². The number of nitrogens with zero attached hydrogens (tertiary/aromatic N) is 1. The van der Waals surface area contributed by atoms with E-state index in [2.05, 4.69) is 48.8 Å². The van der Waals surface area contributed by atoms with E-state index >= 15 is 0 Å². The fourth-order valence-electron chi connectivity index (χ4n) is 1.71. The number of hydrogen-bond acceptors (Lipinski definition) is 2. The Kier molecular flexibility index (Phi) is 5.17. The van der Waals surface area contributed by atoms with E-state index in [9.17, 15) is 0 Å². The van der Waals surface area contributed by atoms with E-state index in [0.29, 0.717) is 9.66 Å². The summed E-state index contributed by atoms with van der Waals surface area (Å²) in [6.07, 6.45) is 1.96. The predicted octanol–water partition coefficient (Wildman–Crippen LogP) is 5.94. The van der Waals surface area contributed by atoms with Gasteiger partial charge in [0.1, 0.15) is 10.5 Å². The van der Waals surface area contributed by atoms with Crippen LogP contribution in [-0.4, -0.2) is 9.97 Å². The van der Waals surface area contributed by atoms with E-state index in [4.69, 9.17) is 23.8 Å². The Hall–Kier alpha value is -0.230. The van der Waals surface area contributed by atoms with Crippen molar-refractivity contribution >= 4 is 55.7 Å². The highest BCUT2D eigenvalue weighted by Crippen LogP contribution is 2.28. The van der Waals surface area contributed by atoms with Crippen LogP contribution in [0.4, 0.5) is 0 Å². The SMILES string of the molecule is CCCc1[nH]c(-c2ccc(Cl)c(Br)c2)nc(=S)c1Br. The molecule has 0 saturated carbocycles. The summed E-state index contributed by atoms with van der Waals surface area (Å²) in [7, 11) is 0. The number of aryl methyl sites for hydroxylation is 1. The Morgan fingerprint density at radius 2 is 2.11 bits per heavy atom. The molecule has 0 radical (unpaired) electrons. The third-order valence-electron chi connectivity index (χ3n) is 2.63. The van der Waals surface area contributed by atoms with Gasteiger partial charge >= 0.3 is 0 Å². The van der Waals surface area contributed by atoms with E-state index < -0.39 is 0 Å². The van der Waals surface area contributed by atoms with Gasteiger partial charge in [-0.2, -0.15) is 0 Å². The minimum absolute atomic E-state index is 0.572. The van der Waals surface area contributed by atoms with Gasteiger partial charge in [-0.3, -0.25) is 0 Å². The number of H-pyrrole nitrogens is 1. The molecule has 19 heavy (non-hydrogen) atoms. The first-order valence-corrected chi connectivity index (χ1v) is 8.14. The highest BCUT2D eigenvalue weighted by molar-refractivity contribution is 9.10. The summed E-state index contributed by atoms with van der Waals surface area (Å²) in [4.78, 5) is 7.73. The number of benzene rings is 1. The molecule has 2 nitrogen and oxygen atoms in total. The minimum atomic E-state index is 0.572. The lowest BCUT2D eigenvalue weighted by Gasteiger charge is -2.08. The molecule has 100 valence electrons. The summed E-state index contributed by atoms with van der Waals surface area (Å²) in [6, 6.07) is 5.69. The summed E-state index contributed by atoms with van der Waals surface area (Å²) in [5, 5.41) is 0.674. The van der Waals surface area contributed by atoms with Crippen LogP contribution in [0, 0.1) is 4.64 Å². The van der Waals surface area contributed by atoms with Crippen LogP contribution in [-0.2, 0) is 6.42 Å². The molecule has 0 spiro atoms. The van der Waals surface area contributed by atoms with Crippen molar-refractivity contribution in [2.24, 2.45) is 0 Å². The van der Waals surface area contributed by atoms with Gasteiger partial charge in [0, 0.05) is 15.7 Å². The second-order valence-electron chi connectivity index (χ2n) is 4.06. The maximum absolute atomic E-state index is 6.00. The standard InChI is InChI=1S/C13H11Br2ClN2S/c1-2-3-10-11(15)13(19)18-12(17-10)7-4-5-9(16)8(14)6-7/h4-6H,2-3H2,1H3,(H,17,18,19). The summed E-state index contributed by atoms with van der Waals surface area (Å²) in [6.45, 7) is 2.13. The highest BCUT2D eigenvalue weighted by Gasteiger charge is 2.08. The smallest absolute Gasteiger partial charge is 0.144 e. The van der Waals surface area contributed by atoms with Gasteiger partial charge in [0.05, 0.1) is 9.50 Å². The molecule has 2 rings (SSSR count). The fraction of sp³-hybridized carbons (Fsp3) is 0.231. The Balaban J connectivity index is 2.56. The van der Waals surface area contributed by atoms with Gasteiger partial charge in [-0.25, -0.2) is 4.98 Å². The predicted molar refractivity (Wildman–Crippen MR) is 89.3 cm³/mol. The Labute approximate surface area is 138 Å². The summed E-state index contributed by atoms with van der Waals surface area (Å²) in [5.74, 6) is 0.758. The molecular weight excluding hydrogens is 411 g/mol. The van der Waals surface area contributed by atoms with Crippen LogP contribution in [0.15, 0.2) is 27.1 Å². The van der Waals surface area contributed by atoms with Crippen molar-refractivity contribution in [3.63, 3.8) is 0 Å². The average molecular weight is 423 g/mol.